The van der Waals surface area contributed by atoms with E-state index in [0.29, 0.717) is 11.3 Å². The molecule has 160 valence electrons. The third-order valence-corrected chi connectivity index (χ3v) is 7.93. The SMILES string of the molecule is COc1ccc2cc3n(c2c1)C1[C@H](CC12CC(c1n[nH]c(=O)c4ccccc14)C2)NC3=O. The molecule has 1 amide bonds. The first-order valence-electron chi connectivity index (χ1n) is 11.1. The van der Waals surface area contributed by atoms with E-state index in [1.807, 2.05) is 48.5 Å². The molecule has 3 aliphatic rings. The molecule has 7 nitrogen and oxygen atoms in total. The minimum absolute atomic E-state index is 0.000403. The van der Waals surface area contributed by atoms with Gasteiger partial charge in [-0.05, 0) is 48.9 Å². The molecule has 0 saturated heterocycles. The Balaban J connectivity index is 1.29. The number of nitrogens with zero attached hydrogens (tertiary/aromatic N) is 2. The number of benzene rings is 2. The summed E-state index contributed by atoms with van der Waals surface area (Å²) in [6, 6.07) is 16.1. The first-order valence-corrected chi connectivity index (χ1v) is 11.1. The predicted molar refractivity (Wildman–Crippen MR) is 120 cm³/mol. The van der Waals surface area contributed by atoms with Gasteiger partial charge in [0.2, 0.25) is 0 Å². The fourth-order valence-corrected chi connectivity index (χ4v) is 6.54. The number of rotatable bonds is 2. The van der Waals surface area contributed by atoms with Crippen LogP contribution in [0.15, 0.2) is 53.3 Å². The standard InChI is InChI=1S/C25H22N4O3/c1-32-15-7-6-13-8-20-24(31)26-18-12-25(22(18)29(20)19(13)9-15)10-14(11-25)21-16-4-2-3-5-17(16)23(30)28-27-21/h2-9,14,18,22H,10-12H2,1H3,(H,26,31)(H,28,30)/t14?,18-,22?,25?/m0/s1. The zero-order chi connectivity index (χ0) is 21.6. The molecule has 2 aromatic heterocycles. The number of ether oxygens (including phenoxy) is 1. The molecule has 2 fully saturated rings. The molecule has 3 heterocycles. The highest BCUT2D eigenvalue weighted by Crippen LogP contribution is 2.68. The highest BCUT2D eigenvalue weighted by atomic mass is 16.5. The van der Waals surface area contributed by atoms with E-state index in [1.54, 1.807) is 7.11 Å². The number of aromatic nitrogens is 3. The highest BCUT2D eigenvalue weighted by molar-refractivity contribution is 6.00. The van der Waals surface area contributed by atoms with E-state index in [1.165, 1.54) is 0 Å². The number of carbonyl (C=O) groups is 1. The monoisotopic (exact) mass is 426 g/mol. The third-order valence-electron chi connectivity index (χ3n) is 7.93. The first-order chi connectivity index (χ1) is 15.6. The van der Waals surface area contributed by atoms with Gasteiger partial charge in [-0.1, -0.05) is 18.2 Å². The van der Waals surface area contributed by atoms with Crippen molar-refractivity contribution in [3.63, 3.8) is 0 Å². The number of amides is 1. The van der Waals surface area contributed by atoms with Crippen LogP contribution in [0.4, 0.5) is 0 Å². The molecule has 7 rings (SSSR count). The van der Waals surface area contributed by atoms with Crippen molar-refractivity contribution < 1.29 is 9.53 Å². The Morgan fingerprint density at radius 2 is 1.88 bits per heavy atom. The molecule has 7 heteroatoms. The van der Waals surface area contributed by atoms with Crippen molar-refractivity contribution in [2.75, 3.05) is 7.11 Å². The molecule has 1 spiro atoms. The predicted octanol–water partition coefficient (Wildman–Crippen LogP) is 3.51. The van der Waals surface area contributed by atoms with Crippen LogP contribution >= 0.6 is 0 Å². The van der Waals surface area contributed by atoms with E-state index in [4.69, 9.17) is 4.74 Å². The van der Waals surface area contributed by atoms with Crippen LogP contribution in [0.5, 0.6) is 5.75 Å². The first kappa shape index (κ1) is 18.0. The van der Waals surface area contributed by atoms with E-state index < -0.39 is 0 Å². The van der Waals surface area contributed by atoms with Crippen molar-refractivity contribution in [2.45, 2.75) is 37.3 Å². The number of carbonyl (C=O) groups excluding carboxylic acids is 1. The third kappa shape index (κ3) is 2.18. The number of hydrogen-bond acceptors (Lipinski definition) is 4. The van der Waals surface area contributed by atoms with Crippen molar-refractivity contribution in [1.82, 2.24) is 20.1 Å². The van der Waals surface area contributed by atoms with Gasteiger partial charge in [0.05, 0.1) is 35.8 Å². The van der Waals surface area contributed by atoms with Crippen LogP contribution in [0.3, 0.4) is 0 Å². The number of nitrogens with one attached hydrogen (secondary N) is 2. The summed E-state index contributed by atoms with van der Waals surface area (Å²) in [5.41, 5.74) is 2.75. The summed E-state index contributed by atoms with van der Waals surface area (Å²) in [4.78, 5) is 25.0. The molecule has 2 N–H and O–H groups in total. The molecule has 2 saturated carbocycles. The lowest BCUT2D eigenvalue weighted by atomic mass is 9.46. The summed E-state index contributed by atoms with van der Waals surface area (Å²) in [5, 5.41) is 13.0. The lowest BCUT2D eigenvalue weighted by molar-refractivity contribution is -0.0857. The molecule has 4 aromatic rings. The second-order valence-corrected chi connectivity index (χ2v) is 9.50. The maximum absolute atomic E-state index is 12.8. The fraction of sp³-hybridized carbons (Fsp3) is 0.320. The topological polar surface area (TPSA) is 89.0 Å². The Morgan fingerprint density at radius 1 is 1.06 bits per heavy atom. The summed E-state index contributed by atoms with van der Waals surface area (Å²) >= 11 is 0. The fourth-order valence-electron chi connectivity index (χ4n) is 6.54. The van der Waals surface area contributed by atoms with Crippen molar-refractivity contribution in [3.8, 4) is 5.75 Å². The number of aromatic amines is 1. The Kier molecular flexibility index (Phi) is 3.38. The lowest BCUT2D eigenvalue weighted by Crippen LogP contribution is -2.66. The summed E-state index contributed by atoms with van der Waals surface area (Å²) in [5.74, 6) is 1.10. The quantitative estimate of drug-likeness (QED) is 0.513. The van der Waals surface area contributed by atoms with Gasteiger partial charge in [0.25, 0.3) is 11.5 Å². The minimum Gasteiger partial charge on any atom is -0.497 e. The van der Waals surface area contributed by atoms with Gasteiger partial charge in [0, 0.05) is 22.8 Å². The second kappa shape index (κ2) is 6.00. The van der Waals surface area contributed by atoms with Gasteiger partial charge in [0.15, 0.2) is 0 Å². The van der Waals surface area contributed by atoms with Crippen molar-refractivity contribution in [1.29, 1.82) is 0 Å². The van der Waals surface area contributed by atoms with E-state index in [2.05, 4.69) is 20.1 Å². The van der Waals surface area contributed by atoms with E-state index in [-0.39, 0.29) is 29.0 Å². The summed E-state index contributed by atoms with van der Waals surface area (Å²) in [6.45, 7) is 0. The maximum Gasteiger partial charge on any atom is 0.272 e. The van der Waals surface area contributed by atoms with Crippen LogP contribution in [-0.2, 0) is 0 Å². The van der Waals surface area contributed by atoms with E-state index in [0.717, 1.165) is 52.7 Å². The van der Waals surface area contributed by atoms with Crippen LogP contribution in [0.1, 0.15) is 47.4 Å². The lowest BCUT2D eigenvalue weighted by Gasteiger charge is -2.64. The summed E-state index contributed by atoms with van der Waals surface area (Å²) in [7, 11) is 1.67. The molecule has 1 unspecified atom stereocenters. The average Bonchev–Trinajstić information content (AvgIpc) is 3.14. The van der Waals surface area contributed by atoms with Crippen LogP contribution in [0.25, 0.3) is 21.7 Å². The van der Waals surface area contributed by atoms with Gasteiger partial charge in [-0.2, -0.15) is 5.10 Å². The Hall–Kier alpha value is -3.61. The highest BCUT2D eigenvalue weighted by Gasteiger charge is 2.63. The van der Waals surface area contributed by atoms with E-state index >= 15 is 0 Å². The van der Waals surface area contributed by atoms with Crippen LogP contribution < -0.4 is 15.6 Å². The Morgan fingerprint density at radius 3 is 2.69 bits per heavy atom. The van der Waals surface area contributed by atoms with Gasteiger partial charge >= 0.3 is 0 Å². The van der Waals surface area contributed by atoms with Crippen LogP contribution in [0, 0.1) is 5.41 Å². The van der Waals surface area contributed by atoms with Gasteiger partial charge in [-0.3, -0.25) is 9.59 Å². The zero-order valence-corrected chi connectivity index (χ0v) is 17.6. The molecular weight excluding hydrogens is 404 g/mol. The number of fused-ring (bicyclic) bond motifs is 7. The normalized spacial score (nSPS) is 28.0. The van der Waals surface area contributed by atoms with Gasteiger partial charge in [-0.25, -0.2) is 5.10 Å². The number of hydrogen-bond donors (Lipinski definition) is 2. The minimum atomic E-state index is -0.144. The average molecular weight is 426 g/mol. The molecule has 1 aliphatic heterocycles. The molecule has 32 heavy (non-hydrogen) atoms. The smallest absolute Gasteiger partial charge is 0.272 e. The van der Waals surface area contributed by atoms with Crippen molar-refractivity contribution in [2.24, 2.45) is 5.41 Å². The molecule has 2 aliphatic carbocycles. The van der Waals surface area contributed by atoms with Crippen molar-refractivity contribution >= 4 is 27.6 Å². The molecule has 2 atom stereocenters. The number of H-pyrrole nitrogens is 1. The number of methoxy groups -OCH3 is 1. The van der Waals surface area contributed by atoms with Crippen LogP contribution in [-0.4, -0.2) is 33.8 Å². The molecule has 0 bridgehead atoms. The van der Waals surface area contributed by atoms with E-state index in [9.17, 15) is 9.59 Å². The van der Waals surface area contributed by atoms with Gasteiger partial charge < -0.3 is 14.6 Å². The summed E-state index contributed by atoms with van der Waals surface area (Å²) in [6.07, 6.45) is 2.97. The maximum atomic E-state index is 12.8. The zero-order valence-electron chi connectivity index (χ0n) is 17.6. The second-order valence-electron chi connectivity index (χ2n) is 9.50. The van der Waals surface area contributed by atoms with Crippen molar-refractivity contribution in [3.05, 3.63) is 70.3 Å². The largest absolute Gasteiger partial charge is 0.497 e. The molecule has 0 radical (unpaired) electrons. The Labute approximate surface area is 183 Å². The van der Waals surface area contributed by atoms with Crippen LogP contribution in [0.2, 0.25) is 0 Å². The summed E-state index contributed by atoms with van der Waals surface area (Å²) < 4.78 is 7.71. The van der Waals surface area contributed by atoms with Gasteiger partial charge in [0.1, 0.15) is 11.4 Å². The Bertz CT molecular complexity index is 1490. The molecule has 2 aromatic carbocycles. The molecular formula is C25H22N4O3. The van der Waals surface area contributed by atoms with Gasteiger partial charge in [-0.15, -0.1) is 0 Å².